The molecular weight excluding hydrogens is 259 g/mol. The number of aliphatic carboxylic acids is 1. The number of hydrogen-bond donors (Lipinski definition) is 4. The Bertz CT molecular complexity index is 338. The molecule has 2 saturated heterocycles. The van der Waals surface area contributed by atoms with Crippen LogP contribution < -0.4 is 5.32 Å². The van der Waals surface area contributed by atoms with Gasteiger partial charge in [0.15, 0.2) is 0 Å². The molecule has 0 aliphatic carbocycles. The first-order valence-electron chi connectivity index (χ1n) is 7.61. The zero-order valence-electron chi connectivity index (χ0n) is 11.9. The Morgan fingerprint density at radius 1 is 1.40 bits per heavy atom. The molecule has 0 aromatic heterocycles. The maximum atomic E-state index is 11.8. The molecule has 0 bridgehead atoms. The van der Waals surface area contributed by atoms with Gasteiger partial charge in [-0.2, -0.15) is 0 Å². The Kier molecular flexibility index (Phi) is 5.43. The molecule has 0 saturated carbocycles. The molecule has 0 aromatic carbocycles. The molecule has 2 heterocycles. The lowest BCUT2D eigenvalue weighted by atomic mass is 9.76. The van der Waals surface area contributed by atoms with Crippen molar-refractivity contribution >= 4 is 13.1 Å². The third-order valence-corrected chi connectivity index (χ3v) is 4.80. The van der Waals surface area contributed by atoms with Gasteiger partial charge < -0.3 is 25.4 Å². The fourth-order valence-electron chi connectivity index (χ4n) is 3.39. The topological polar surface area (TPSA) is 93.0 Å². The highest BCUT2D eigenvalue weighted by Gasteiger charge is 2.48. The molecule has 20 heavy (non-hydrogen) atoms. The second-order valence-corrected chi connectivity index (χ2v) is 6.05. The lowest BCUT2D eigenvalue weighted by Gasteiger charge is -2.37. The van der Waals surface area contributed by atoms with Crippen LogP contribution in [0.1, 0.15) is 32.1 Å². The summed E-state index contributed by atoms with van der Waals surface area (Å²) in [6.45, 7) is 3.73. The van der Waals surface area contributed by atoms with Crippen molar-refractivity contribution in [3.8, 4) is 0 Å². The van der Waals surface area contributed by atoms with Crippen molar-refractivity contribution in [2.75, 3.05) is 26.2 Å². The standard InChI is InChI=1S/C13H25BN2O4/c17-12(18)13(5-10-16-8-2-9-16)11(4-7-15-13)3-1-6-14(19)20/h11,15,19-20H,1-10H2,(H,17,18). The quantitative estimate of drug-likeness (QED) is 0.460. The summed E-state index contributed by atoms with van der Waals surface area (Å²) in [4.78, 5) is 14.1. The molecule has 2 unspecified atom stereocenters. The van der Waals surface area contributed by atoms with Gasteiger partial charge in [-0.25, -0.2) is 0 Å². The van der Waals surface area contributed by atoms with Crippen LogP contribution in [0, 0.1) is 5.92 Å². The predicted octanol–water partition coefficient (Wildman–Crippen LogP) is -0.232. The van der Waals surface area contributed by atoms with E-state index in [1.54, 1.807) is 0 Å². The van der Waals surface area contributed by atoms with Crippen molar-refractivity contribution in [1.82, 2.24) is 10.2 Å². The number of rotatable bonds is 8. The molecule has 4 N–H and O–H groups in total. The Hall–Kier alpha value is -0.625. The van der Waals surface area contributed by atoms with Crippen molar-refractivity contribution in [3.05, 3.63) is 0 Å². The van der Waals surface area contributed by atoms with E-state index in [-0.39, 0.29) is 5.92 Å². The number of hydrogen-bond acceptors (Lipinski definition) is 5. The number of nitrogens with zero attached hydrogens (tertiary/aromatic N) is 1. The lowest BCUT2D eigenvalue weighted by Crippen LogP contribution is -2.54. The molecule has 7 heteroatoms. The van der Waals surface area contributed by atoms with Crippen LogP contribution in [0.5, 0.6) is 0 Å². The normalized spacial score (nSPS) is 30.2. The van der Waals surface area contributed by atoms with E-state index in [1.807, 2.05) is 0 Å². The minimum Gasteiger partial charge on any atom is -0.480 e. The van der Waals surface area contributed by atoms with Crippen molar-refractivity contribution in [3.63, 3.8) is 0 Å². The van der Waals surface area contributed by atoms with Gasteiger partial charge in [0, 0.05) is 6.54 Å². The van der Waals surface area contributed by atoms with E-state index in [0.717, 1.165) is 39.0 Å². The van der Waals surface area contributed by atoms with Gasteiger partial charge in [0.05, 0.1) is 0 Å². The summed E-state index contributed by atoms with van der Waals surface area (Å²) in [5.74, 6) is -0.676. The molecule has 2 atom stereocenters. The first-order valence-corrected chi connectivity index (χ1v) is 7.61. The highest BCUT2D eigenvalue weighted by Crippen LogP contribution is 2.35. The first kappa shape index (κ1) is 15.8. The van der Waals surface area contributed by atoms with Gasteiger partial charge in [-0.1, -0.05) is 6.42 Å². The fraction of sp³-hybridized carbons (Fsp3) is 0.923. The lowest BCUT2D eigenvalue weighted by molar-refractivity contribution is -0.146. The Labute approximate surface area is 120 Å². The summed E-state index contributed by atoms with van der Waals surface area (Å²) in [7, 11) is -1.29. The Morgan fingerprint density at radius 2 is 2.15 bits per heavy atom. The van der Waals surface area contributed by atoms with Gasteiger partial charge in [-0.3, -0.25) is 4.79 Å². The molecule has 0 amide bonds. The molecule has 2 fully saturated rings. The van der Waals surface area contributed by atoms with E-state index < -0.39 is 18.6 Å². The average Bonchev–Trinajstić information content (AvgIpc) is 2.71. The summed E-state index contributed by atoms with van der Waals surface area (Å²) in [5.41, 5.74) is -0.823. The van der Waals surface area contributed by atoms with Crippen LogP contribution in [0.25, 0.3) is 0 Å². The zero-order valence-corrected chi connectivity index (χ0v) is 11.9. The van der Waals surface area contributed by atoms with Crippen molar-refractivity contribution in [1.29, 1.82) is 0 Å². The van der Waals surface area contributed by atoms with Crippen LogP contribution in [-0.2, 0) is 4.79 Å². The largest absolute Gasteiger partial charge is 0.480 e. The van der Waals surface area contributed by atoms with Gasteiger partial charge >= 0.3 is 13.1 Å². The summed E-state index contributed by atoms with van der Waals surface area (Å²) in [6, 6.07) is 0. The fourth-order valence-corrected chi connectivity index (χ4v) is 3.39. The highest BCUT2D eigenvalue weighted by atomic mass is 16.4. The monoisotopic (exact) mass is 284 g/mol. The minimum atomic E-state index is -1.29. The first-order chi connectivity index (χ1) is 9.54. The van der Waals surface area contributed by atoms with Gasteiger partial charge in [0.2, 0.25) is 0 Å². The maximum Gasteiger partial charge on any atom is 0.451 e. The summed E-state index contributed by atoms with van der Waals surface area (Å²) in [6.07, 6.45) is 4.41. The van der Waals surface area contributed by atoms with E-state index in [4.69, 9.17) is 10.0 Å². The van der Waals surface area contributed by atoms with E-state index in [1.165, 1.54) is 6.42 Å². The van der Waals surface area contributed by atoms with Crippen molar-refractivity contribution in [2.24, 2.45) is 5.92 Å². The van der Waals surface area contributed by atoms with Crippen LogP contribution in [0.4, 0.5) is 0 Å². The second-order valence-electron chi connectivity index (χ2n) is 6.05. The van der Waals surface area contributed by atoms with Crippen LogP contribution in [0.3, 0.4) is 0 Å². The number of carboxylic acid groups (broad SMARTS) is 1. The van der Waals surface area contributed by atoms with Crippen LogP contribution in [-0.4, -0.2) is 64.9 Å². The average molecular weight is 284 g/mol. The van der Waals surface area contributed by atoms with Crippen LogP contribution in [0.2, 0.25) is 6.32 Å². The highest BCUT2D eigenvalue weighted by molar-refractivity contribution is 6.40. The van der Waals surface area contributed by atoms with Gasteiger partial charge in [0.25, 0.3) is 0 Å². The van der Waals surface area contributed by atoms with Crippen LogP contribution in [0.15, 0.2) is 0 Å². The molecule has 0 radical (unpaired) electrons. The molecule has 2 aliphatic heterocycles. The number of nitrogens with one attached hydrogen (secondary N) is 1. The molecule has 6 nitrogen and oxygen atoms in total. The number of likely N-dealkylation sites (tertiary alicyclic amines) is 1. The third-order valence-electron chi connectivity index (χ3n) is 4.80. The molecule has 2 aliphatic rings. The summed E-state index contributed by atoms with van der Waals surface area (Å²) >= 11 is 0. The number of carboxylic acids is 1. The molecule has 0 aromatic rings. The second kappa shape index (κ2) is 6.89. The molecule has 2 rings (SSSR count). The van der Waals surface area contributed by atoms with E-state index in [0.29, 0.717) is 19.2 Å². The number of carbonyl (C=O) groups is 1. The van der Waals surface area contributed by atoms with E-state index in [9.17, 15) is 9.90 Å². The van der Waals surface area contributed by atoms with Crippen molar-refractivity contribution < 1.29 is 19.9 Å². The Balaban J connectivity index is 1.91. The maximum absolute atomic E-state index is 11.8. The Morgan fingerprint density at radius 3 is 2.70 bits per heavy atom. The SMILES string of the molecule is O=C(O)C1(CCN2CCC2)NCCC1CCCB(O)O. The predicted molar refractivity (Wildman–Crippen MR) is 76.4 cm³/mol. The van der Waals surface area contributed by atoms with Gasteiger partial charge in [0.1, 0.15) is 5.54 Å². The van der Waals surface area contributed by atoms with Gasteiger partial charge in [-0.15, -0.1) is 0 Å². The van der Waals surface area contributed by atoms with Crippen molar-refractivity contribution in [2.45, 2.75) is 44.0 Å². The minimum absolute atomic E-state index is 0.0834. The molecular formula is C13H25BN2O4. The third kappa shape index (κ3) is 3.52. The van der Waals surface area contributed by atoms with Crippen LogP contribution >= 0.6 is 0 Å². The molecule has 0 spiro atoms. The van der Waals surface area contributed by atoms with E-state index >= 15 is 0 Å². The summed E-state index contributed by atoms with van der Waals surface area (Å²) in [5, 5.41) is 30.7. The summed E-state index contributed by atoms with van der Waals surface area (Å²) < 4.78 is 0. The zero-order chi connectivity index (χ0) is 14.6. The smallest absolute Gasteiger partial charge is 0.451 e. The molecule has 114 valence electrons. The van der Waals surface area contributed by atoms with Gasteiger partial charge in [-0.05, 0) is 57.6 Å². The van der Waals surface area contributed by atoms with E-state index in [2.05, 4.69) is 10.2 Å².